The van der Waals surface area contributed by atoms with E-state index in [1.165, 1.54) is 17.3 Å². The molecular formula is C10H14ClN7O2. The van der Waals surface area contributed by atoms with Crippen LogP contribution < -0.4 is 5.32 Å². The largest absolute Gasteiger partial charge is 0.394 e. The highest BCUT2D eigenvalue weighted by molar-refractivity contribution is 6.28. The minimum atomic E-state index is -0.926. The van der Waals surface area contributed by atoms with Crippen molar-refractivity contribution in [3.8, 4) is 5.95 Å². The number of halogens is 1. The molecule has 0 amide bonds. The third kappa shape index (κ3) is 3.00. The van der Waals surface area contributed by atoms with Gasteiger partial charge in [0.25, 0.3) is 5.95 Å². The van der Waals surface area contributed by atoms with E-state index in [0.29, 0.717) is 6.42 Å². The summed E-state index contributed by atoms with van der Waals surface area (Å²) in [4.78, 5) is 15.8. The molecule has 0 radical (unpaired) electrons. The Kier molecular flexibility index (Phi) is 4.42. The summed E-state index contributed by atoms with van der Waals surface area (Å²) in [7, 11) is 0. The third-order valence-corrected chi connectivity index (χ3v) is 3.05. The maximum absolute atomic E-state index is 9.41. The molecule has 0 aliphatic rings. The molecule has 0 aliphatic heterocycles. The monoisotopic (exact) mass is 299 g/mol. The highest BCUT2D eigenvalue weighted by Gasteiger charge is 2.27. The van der Waals surface area contributed by atoms with Gasteiger partial charge >= 0.3 is 0 Å². The number of nitrogens with one attached hydrogen (secondary N) is 1. The van der Waals surface area contributed by atoms with Crippen LogP contribution in [0, 0.1) is 0 Å². The second-order valence-corrected chi connectivity index (χ2v) is 4.48. The van der Waals surface area contributed by atoms with Crippen LogP contribution in [-0.2, 0) is 0 Å². The average molecular weight is 300 g/mol. The van der Waals surface area contributed by atoms with Crippen LogP contribution in [0.1, 0.15) is 13.3 Å². The molecule has 10 heteroatoms. The van der Waals surface area contributed by atoms with E-state index in [0.717, 1.165) is 0 Å². The van der Waals surface area contributed by atoms with Gasteiger partial charge in [0.05, 0.1) is 18.8 Å². The van der Waals surface area contributed by atoms with Crippen molar-refractivity contribution in [1.29, 1.82) is 0 Å². The van der Waals surface area contributed by atoms with Gasteiger partial charge in [-0.25, -0.2) is 4.98 Å². The Morgan fingerprint density at radius 1 is 1.30 bits per heavy atom. The van der Waals surface area contributed by atoms with Gasteiger partial charge < -0.3 is 15.5 Å². The van der Waals surface area contributed by atoms with E-state index in [1.807, 2.05) is 6.92 Å². The number of aliphatic hydroxyl groups is 2. The summed E-state index contributed by atoms with van der Waals surface area (Å²) in [6.45, 7) is 1.27. The lowest BCUT2D eigenvalue weighted by molar-refractivity contribution is 0.132. The molecule has 0 spiro atoms. The summed E-state index contributed by atoms with van der Waals surface area (Å²) < 4.78 is 1.32. The zero-order chi connectivity index (χ0) is 14.6. The SMILES string of the molecule is CCC(CO)(CO)Nc1nc(Cl)nc(-n2cncn2)n1. The molecule has 2 aromatic rings. The summed E-state index contributed by atoms with van der Waals surface area (Å²) in [5.41, 5.74) is -0.926. The molecule has 9 nitrogen and oxygen atoms in total. The van der Waals surface area contributed by atoms with Crippen molar-refractivity contribution in [2.75, 3.05) is 18.5 Å². The van der Waals surface area contributed by atoms with Crippen LogP contribution in [0.5, 0.6) is 0 Å². The fourth-order valence-corrected chi connectivity index (χ4v) is 1.64. The van der Waals surface area contributed by atoms with E-state index in [1.54, 1.807) is 0 Å². The van der Waals surface area contributed by atoms with Crippen molar-refractivity contribution in [3.63, 3.8) is 0 Å². The van der Waals surface area contributed by atoms with E-state index in [-0.39, 0.29) is 30.4 Å². The van der Waals surface area contributed by atoms with Crippen molar-refractivity contribution in [3.05, 3.63) is 17.9 Å². The van der Waals surface area contributed by atoms with Gasteiger partial charge in [0.2, 0.25) is 11.2 Å². The molecule has 3 N–H and O–H groups in total. The van der Waals surface area contributed by atoms with Crippen molar-refractivity contribution in [1.82, 2.24) is 29.7 Å². The zero-order valence-electron chi connectivity index (χ0n) is 10.7. The fourth-order valence-electron chi connectivity index (χ4n) is 1.49. The molecule has 108 valence electrons. The summed E-state index contributed by atoms with van der Waals surface area (Å²) in [6, 6.07) is 0. The van der Waals surface area contributed by atoms with Crippen LogP contribution in [0.25, 0.3) is 5.95 Å². The van der Waals surface area contributed by atoms with Gasteiger partial charge in [-0.15, -0.1) is 0 Å². The molecule has 2 aromatic heterocycles. The van der Waals surface area contributed by atoms with Crippen LogP contribution >= 0.6 is 11.6 Å². The van der Waals surface area contributed by atoms with Crippen molar-refractivity contribution in [2.45, 2.75) is 18.9 Å². The molecule has 0 saturated heterocycles. The van der Waals surface area contributed by atoms with Gasteiger partial charge in [-0.3, -0.25) is 0 Å². The number of anilines is 1. The lowest BCUT2D eigenvalue weighted by atomic mass is 9.99. The molecule has 0 saturated carbocycles. The fraction of sp³-hybridized carbons (Fsp3) is 0.500. The van der Waals surface area contributed by atoms with Gasteiger partial charge in [-0.1, -0.05) is 6.92 Å². The number of rotatable bonds is 6. The van der Waals surface area contributed by atoms with Crippen LogP contribution in [-0.4, -0.2) is 58.7 Å². The summed E-state index contributed by atoms with van der Waals surface area (Å²) in [5.74, 6) is 0.325. The van der Waals surface area contributed by atoms with Gasteiger partial charge in [0.1, 0.15) is 12.7 Å². The Balaban J connectivity index is 2.33. The minimum absolute atomic E-state index is 0.0334. The summed E-state index contributed by atoms with van der Waals surface area (Å²) in [6.07, 6.45) is 3.23. The molecule has 0 atom stereocenters. The first-order chi connectivity index (χ1) is 9.62. The molecule has 0 aromatic carbocycles. The van der Waals surface area contributed by atoms with Crippen molar-refractivity contribution < 1.29 is 10.2 Å². The summed E-state index contributed by atoms with van der Waals surface area (Å²) >= 11 is 5.84. The smallest absolute Gasteiger partial charge is 0.258 e. The molecule has 0 aliphatic carbocycles. The van der Waals surface area contributed by atoms with Crippen molar-refractivity contribution >= 4 is 17.5 Å². The molecule has 2 heterocycles. The Morgan fingerprint density at radius 2 is 2.05 bits per heavy atom. The summed E-state index contributed by atoms with van der Waals surface area (Å²) in [5, 5.41) is 25.5. The standard InChI is InChI=1S/C10H14ClN7O2/c1-2-10(3-19,4-20)17-8-14-7(11)15-9(16-8)18-6-12-5-13-18/h5-6,19-20H,2-4H2,1H3,(H,14,15,16,17). The van der Waals surface area contributed by atoms with Gasteiger partial charge in [0.15, 0.2) is 0 Å². The Morgan fingerprint density at radius 3 is 2.60 bits per heavy atom. The quantitative estimate of drug-likeness (QED) is 0.661. The third-order valence-electron chi connectivity index (χ3n) is 2.88. The molecule has 20 heavy (non-hydrogen) atoms. The van der Waals surface area contributed by atoms with E-state index < -0.39 is 5.54 Å². The first kappa shape index (κ1) is 14.6. The Bertz CT molecular complexity index is 550. The number of aliphatic hydroxyl groups excluding tert-OH is 2. The number of aromatic nitrogens is 6. The lowest BCUT2D eigenvalue weighted by Gasteiger charge is -2.29. The average Bonchev–Trinajstić information content (AvgIpc) is 2.98. The second kappa shape index (κ2) is 6.07. The Hall–Kier alpha value is -1.84. The first-order valence-corrected chi connectivity index (χ1v) is 6.27. The van der Waals surface area contributed by atoms with Crippen molar-refractivity contribution in [2.24, 2.45) is 0 Å². The second-order valence-electron chi connectivity index (χ2n) is 4.14. The van der Waals surface area contributed by atoms with Gasteiger partial charge in [0, 0.05) is 0 Å². The molecule has 0 unspecified atom stereocenters. The molecule has 0 fully saturated rings. The number of hydrogen-bond acceptors (Lipinski definition) is 8. The first-order valence-electron chi connectivity index (χ1n) is 5.89. The van der Waals surface area contributed by atoms with E-state index in [2.05, 4.69) is 30.4 Å². The minimum Gasteiger partial charge on any atom is -0.394 e. The van der Waals surface area contributed by atoms with E-state index in [4.69, 9.17) is 11.6 Å². The maximum atomic E-state index is 9.41. The normalized spacial score (nSPS) is 11.6. The molecule has 0 bridgehead atoms. The highest BCUT2D eigenvalue weighted by atomic mass is 35.5. The van der Waals surface area contributed by atoms with E-state index in [9.17, 15) is 10.2 Å². The van der Waals surface area contributed by atoms with Crippen LogP contribution in [0.2, 0.25) is 5.28 Å². The van der Waals surface area contributed by atoms with Gasteiger partial charge in [-0.05, 0) is 18.0 Å². The highest BCUT2D eigenvalue weighted by Crippen LogP contribution is 2.17. The number of nitrogens with zero attached hydrogens (tertiary/aromatic N) is 6. The van der Waals surface area contributed by atoms with Crippen LogP contribution in [0.4, 0.5) is 5.95 Å². The lowest BCUT2D eigenvalue weighted by Crippen LogP contribution is -2.45. The molecular weight excluding hydrogens is 286 g/mol. The van der Waals surface area contributed by atoms with E-state index >= 15 is 0 Å². The zero-order valence-corrected chi connectivity index (χ0v) is 11.5. The van der Waals surface area contributed by atoms with Crippen LogP contribution in [0.3, 0.4) is 0 Å². The predicted octanol–water partition coefficient (Wildman–Crippen LogP) is -0.349. The predicted molar refractivity (Wildman–Crippen MR) is 70.6 cm³/mol. The number of hydrogen-bond donors (Lipinski definition) is 3. The topological polar surface area (TPSA) is 122 Å². The maximum Gasteiger partial charge on any atom is 0.258 e. The molecule has 2 rings (SSSR count). The van der Waals surface area contributed by atoms with Crippen LogP contribution in [0.15, 0.2) is 12.7 Å². The van der Waals surface area contributed by atoms with Gasteiger partial charge in [-0.2, -0.15) is 24.7 Å². The Labute approximate surface area is 119 Å².